The molecule has 1 aromatic carbocycles. The van der Waals surface area contributed by atoms with Crippen molar-refractivity contribution < 1.29 is 24.5 Å². The molecule has 0 radical (unpaired) electrons. The quantitative estimate of drug-likeness (QED) is 0.563. The van der Waals surface area contributed by atoms with Gasteiger partial charge in [-0.2, -0.15) is 0 Å². The summed E-state index contributed by atoms with van der Waals surface area (Å²) in [5.41, 5.74) is 0.0114. The number of hydrogen-bond acceptors (Lipinski definition) is 5. The lowest BCUT2D eigenvalue weighted by molar-refractivity contribution is -0.139. The highest BCUT2D eigenvalue weighted by atomic mass is 79.9. The smallest absolute Gasteiger partial charge is 0.321 e. The van der Waals surface area contributed by atoms with E-state index in [0.717, 1.165) is 6.07 Å². The number of ether oxygens (including phenoxy) is 1. The van der Waals surface area contributed by atoms with Gasteiger partial charge < -0.3 is 20.3 Å². The Hall–Kier alpha value is -1.76. The van der Waals surface area contributed by atoms with Crippen molar-refractivity contribution in [3.05, 3.63) is 23.8 Å². The number of carbonyl (C=O) groups is 2. The zero-order valence-electron chi connectivity index (χ0n) is 9.51. The van der Waals surface area contributed by atoms with E-state index in [2.05, 4.69) is 26.0 Å². The number of phenols is 2. The summed E-state index contributed by atoms with van der Waals surface area (Å²) in [4.78, 5) is 22.1. The maximum atomic E-state index is 11.7. The molecular formula is C11H12BrNO5. The first-order valence-corrected chi connectivity index (χ1v) is 5.89. The van der Waals surface area contributed by atoms with Crippen molar-refractivity contribution in [1.29, 1.82) is 0 Å². The van der Waals surface area contributed by atoms with Gasteiger partial charge in [0.15, 0.2) is 0 Å². The van der Waals surface area contributed by atoms with Gasteiger partial charge in [0.1, 0.15) is 16.3 Å². The molecule has 0 bridgehead atoms. The molecule has 0 aliphatic carbocycles. The van der Waals surface area contributed by atoms with Gasteiger partial charge in [0.2, 0.25) is 0 Å². The number of halogens is 1. The molecule has 0 fully saturated rings. The number of nitrogens with one attached hydrogen (secondary N) is 1. The minimum atomic E-state index is -0.661. The van der Waals surface area contributed by atoms with E-state index in [-0.39, 0.29) is 23.6 Å². The van der Waals surface area contributed by atoms with Crippen LogP contribution in [0.15, 0.2) is 18.2 Å². The maximum absolute atomic E-state index is 11.7. The van der Waals surface area contributed by atoms with Gasteiger partial charge in [-0.05, 0) is 12.1 Å². The van der Waals surface area contributed by atoms with Crippen LogP contribution in [0.25, 0.3) is 0 Å². The van der Waals surface area contributed by atoms with E-state index in [1.165, 1.54) is 19.2 Å². The fourth-order valence-electron chi connectivity index (χ4n) is 1.20. The lowest BCUT2D eigenvalue weighted by Crippen LogP contribution is -2.33. The molecule has 98 valence electrons. The molecule has 1 amide bonds. The van der Waals surface area contributed by atoms with Crippen molar-refractivity contribution in [2.24, 2.45) is 0 Å². The van der Waals surface area contributed by atoms with Gasteiger partial charge in [-0.3, -0.25) is 9.59 Å². The molecule has 7 heteroatoms. The summed E-state index contributed by atoms with van der Waals surface area (Å²) < 4.78 is 4.47. The molecule has 3 N–H and O–H groups in total. The molecule has 0 saturated heterocycles. The highest BCUT2D eigenvalue weighted by molar-refractivity contribution is 9.10. The largest absolute Gasteiger partial charge is 0.508 e. The second kappa shape index (κ2) is 6.25. The molecule has 0 aromatic heterocycles. The number of hydrogen-bond donors (Lipinski definition) is 3. The summed E-state index contributed by atoms with van der Waals surface area (Å²) in [5, 5.41) is 21.0. The van der Waals surface area contributed by atoms with Crippen LogP contribution in [-0.4, -0.2) is 40.6 Å². The van der Waals surface area contributed by atoms with Crippen LogP contribution in [0.2, 0.25) is 0 Å². The standard InChI is InChI=1S/C11H12BrNO5/c1-18-11(17)8(12)5-13-10(16)7-3-2-6(14)4-9(7)15/h2-4,8,14-15H,5H2,1H3,(H,13,16). The van der Waals surface area contributed by atoms with E-state index >= 15 is 0 Å². The van der Waals surface area contributed by atoms with Gasteiger partial charge in [0, 0.05) is 12.6 Å². The molecule has 0 aliphatic rings. The van der Waals surface area contributed by atoms with Crippen LogP contribution in [-0.2, 0) is 9.53 Å². The Kier molecular flexibility index (Phi) is 4.96. The topological polar surface area (TPSA) is 95.9 Å². The molecular weight excluding hydrogens is 306 g/mol. The first-order valence-electron chi connectivity index (χ1n) is 4.97. The van der Waals surface area contributed by atoms with Crippen LogP contribution in [0.3, 0.4) is 0 Å². The van der Waals surface area contributed by atoms with Gasteiger partial charge in [0.25, 0.3) is 5.91 Å². The summed E-state index contributed by atoms with van der Waals surface area (Å²) in [5.74, 6) is -1.54. The molecule has 1 atom stereocenters. The molecule has 0 saturated carbocycles. The highest BCUT2D eigenvalue weighted by Gasteiger charge is 2.18. The Labute approximate surface area is 112 Å². The van der Waals surface area contributed by atoms with E-state index in [0.29, 0.717) is 0 Å². The number of carbonyl (C=O) groups excluding carboxylic acids is 2. The highest BCUT2D eigenvalue weighted by Crippen LogP contribution is 2.22. The van der Waals surface area contributed by atoms with Crippen LogP contribution in [0.4, 0.5) is 0 Å². The van der Waals surface area contributed by atoms with Crippen molar-refractivity contribution in [2.45, 2.75) is 4.83 Å². The number of alkyl halides is 1. The van der Waals surface area contributed by atoms with Gasteiger partial charge in [-0.15, -0.1) is 0 Å². The van der Waals surface area contributed by atoms with Crippen LogP contribution in [0.1, 0.15) is 10.4 Å². The number of benzene rings is 1. The number of phenolic OH excluding ortho intramolecular Hbond substituents is 2. The molecule has 1 unspecified atom stereocenters. The minimum absolute atomic E-state index is 0.0114. The van der Waals surface area contributed by atoms with Crippen molar-refractivity contribution in [3.63, 3.8) is 0 Å². The Morgan fingerprint density at radius 3 is 2.67 bits per heavy atom. The number of esters is 1. The zero-order valence-corrected chi connectivity index (χ0v) is 11.1. The second-order valence-electron chi connectivity index (χ2n) is 3.40. The average molecular weight is 318 g/mol. The summed E-state index contributed by atoms with van der Waals surface area (Å²) in [6.45, 7) is 0.0197. The van der Waals surface area contributed by atoms with Crippen molar-refractivity contribution >= 4 is 27.8 Å². The van der Waals surface area contributed by atoms with Gasteiger partial charge in [-0.1, -0.05) is 15.9 Å². The molecule has 0 heterocycles. The predicted octanol–water partition coefficient (Wildman–Crippen LogP) is 0.764. The van der Waals surface area contributed by atoms with Gasteiger partial charge in [-0.25, -0.2) is 0 Å². The Balaban J connectivity index is 2.63. The van der Waals surface area contributed by atoms with Crippen LogP contribution < -0.4 is 5.32 Å². The normalized spacial score (nSPS) is 11.7. The fourth-order valence-corrected chi connectivity index (χ4v) is 1.55. The van der Waals surface area contributed by atoms with E-state index in [1.807, 2.05) is 0 Å². The Morgan fingerprint density at radius 2 is 2.11 bits per heavy atom. The second-order valence-corrected chi connectivity index (χ2v) is 4.51. The number of aromatic hydroxyl groups is 2. The first-order chi connectivity index (χ1) is 8.45. The van der Waals surface area contributed by atoms with Crippen molar-refractivity contribution in [3.8, 4) is 11.5 Å². The summed E-state index contributed by atoms with van der Waals surface area (Å²) >= 11 is 3.04. The number of methoxy groups -OCH3 is 1. The van der Waals surface area contributed by atoms with Crippen molar-refractivity contribution in [2.75, 3.05) is 13.7 Å². The van der Waals surface area contributed by atoms with Crippen molar-refractivity contribution in [1.82, 2.24) is 5.32 Å². The Morgan fingerprint density at radius 1 is 1.44 bits per heavy atom. The lowest BCUT2D eigenvalue weighted by Gasteiger charge is -2.10. The van der Waals surface area contributed by atoms with E-state index < -0.39 is 16.7 Å². The molecule has 0 aliphatic heterocycles. The molecule has 18 heavy (non-hydrogen) atoms. The van der Waals surface area contributed by atoms with Gasteiger partial charge in [0.05, 0.1) is 12.7 Å². The monoisotopic (exact) mass is 317 g/mol. The minimum Gasteiger partial charge on any atom is -0.508 e. The number of amides is 1. The van der Waals surface area contributed by atoms with E-state index in [4.69, 9.17) is 5.11 Å². The lowest BCUT2D eigenvalue weighted by atomic mass is 10.2. The number of rotatable bonds is 4. The van der Waals surface area contributed by atoms with Crippen LogP contribution in [0, 0.1) is 0 Å². The molecule has 1 rings (SSSR count). The fraction of sp³-hybridized carbons (Fsp3) is 0.273. The van der Waals surface area contributed by atoms with E-state index in [9.17, 15) is 14.7 Å². The predicted molar refractivity (Wildman–Crippen MR) is 66.8 cm³/mol. The summed E-state index contributed by atoms with van der Waals surface area (Å²) in [7, 11) is 1.24. The third-order valence-electron chi connectivity index (χ3n) is 2.12. The average Bonchev–Trinajstić information content (AvgIpc) is 2.34. The summed E-state index contributed by atoms with van der Waals surface area (Å²) in [6.07, 6.45) is 0. The molecule has 1 aromatic rings. The molecule has 6 nitrogen and oxygen atoms in total. The first kappa shape index (κ1) is 14.3. The third kappa shape index (κ3) is 3.63. The van der Waals surface area contributed by atoms with Crippen LogP contribution in [0.5, 0.6) is 11.5 Å². The molecule has 0 spiro atoms. The SMILES string of the molecule is COC(=O)C(Br)CNC(=O)c1ccc(O)cc1O. The zero-order chi connectivity index (χ0) is 13.7. The summed E-state index contributed by atoms with van der Waals surface area (Å²) in [6, 6.07) is 3.61. The van der Waals surface area contributed by atoms with Crippen LogP contribution >= 0.6 is 15.9 Å². The third-order valence-corrected chi connectivity index (χ3v) is 2.82. The Bertz CT molecular complexity index is 463. The maximum Gasteiger partial charge on any atom is 0.321 e. The van der Waals surface area contributed by atoms with E-state index in [1.54, 1.807) is 0 Å². The van der Waals surface area contributed by atoms with Gasteiger partial charge >= 0.3 is 5.97 Å².